The van der Waals surface area contributed by atoms with Gasteiger partial charge in [0.15, 0.2) is 5.82 Å². The molecule has 24 heavy (non-hydrogen) atoms. The Labute approximate surface area is 165 Å². The maximum Gasteiger partial charge on any atom is 0.272 e. The number of hydrogen-bond acceptors (Lipinski definition) is 4. The Morgan fingerprint density at radius 3 is 2.62 bits per heavy atom. The number of nitrogens with zero attached hydrogens (tertiary/aromatic N) is 2. The zero-order valence-corrected chi connectivity index (χ0v) is 17.5. The molecule has 1 aromatic carbocycles. The zero-order valence-electron chi connectivity index (χ0n) is 11.9. The Hall–Kier alpha value is -0.870. The maximum atomic E-state index is 12.4. The van der Waals surface area contributed by atoms with Crippen molar-refractivity contribution >= 4 is 70.6 Å². The number of sulfonamides is 1. The van der Waals surface area contributed by atoms with Crippen LogP contribution in [-0.4, -0.2) is 18.2 Å². The predicted molar refractivity (Wildman–Crippen MR) is 103 cm³/mol. The van der Waals surface area contributed by atoms with E-state index in [0.29, 0.717) is 16.0 Å². The van der Waals surface area contributed by atoms with Crippen molar-refractivity contribution in [1.82, 2.24) is 9.78 Å². The lowest BCUT2D eigenvalue weighted by atomic mass is 10.2. The highest BCUT2D eigenvalue weighted by atomic mass is 79.9. The van der Waals surface area contributed by atoms with Gasteiger partial charge in [0.05, 0.1) is 14.8 Å². The lowest BCUT2D eigenvalue weighted by Crippen LogP contribution is -2.12. The molecule has 0 aliphatic rings. The van der Waals surface area contributed by atoms with E-state index in [1.165, 1.54) is 6.07 Å². The van der Waals surface area contributed by atoms with Gasteiger partial charge in [-0.05, 0) is 55.6 Å². The van der Waals surface area contributed by atoms with Crippen LogP contribution < -0.4 is 4.72 Å². The van der Waals surface area contributed by atoms with Gasteiger partial charge in [-0.1, -0.05) is 29.8 Å². The van der Waals surface area contributed by atoms with Crippen LogP contribution in [0.15, 0.2) is 55.1 Å². The molecule has 2 heterocycles. The molecular formula is C14H10Br2ClN3O2S2. The van der Waals surface area contributed by atoms with Crippen LogP contribution in [0.1, 0.15) is 5.56 Å². The Morgan fingerprint density at radius 1 is 1.21 bits per heavy atom. The number of thiophene rings is 1. The molecule has 1 N–H and O–H groups in total. The van der Waals surface area contributed by atoms with Gasteiger partial charge in [0.2, 0.25) is 0 Å². The monoisotopic (exact) mass is 509 g/mol. The second-order valence-electron chi connectivity index (χ2n) is 4.78. The van der Waals surface area contributed by atoms with E-state index >= 15 is 0 Å². The number of halogens is 3. The molecule has 10 heteroatoms. The first kappa shape index (κ1) is 17.9. The topological polar surface area (TPSA) is 64.0 Å². The summed E-state index contributed by atoms with van der Waals surface area (Å²) in [4.78, 5) is 0. The van der Waals surface area contributed by atoms with Crippen molar-refractivity contribution in [3.63, 3.8) is 0 Å². The van der Waals surface area contributed by atoms with Crippen molar-refractivity contribution in [3.05, 3.63) is 61.4 Å². The molecule has 0 atom stereocenters. The third kappa shape index (κ3) is 4.02. The van der Waals surface area contributed by atoms with Crippen LogP contribution >= 0.6 is 54.8 Å². The van der Waals surface area contributed by atoms with E-state index < -0.39 is 10.0 Å². The van der Waals surface area contributed by atoms with Gasteiger partial charge in [-0.25, -0.2) is 8.42 Å². The van der Waals surface area contributed by atoms with Gasteiger partial charge in [0, 0.05) is 11.2 Å². The van der Waals surface area contributed by atoms with Crippen LogP contribution in [0.2, 0.25) is 5.02 Å². The van der Waals surface area contributed by atoms with Crippen molar-refractivity contribution in [2.45, 2.75) is 10.8 Å². The Bertz CT molecular complexity index is 986. The van der Waals surface area contributed by atoms with E-state index in [0.717, 1.165) is 20.7 Å². The van der Waals surface area contributed by atoms with Gasteiger partial charge in [0.25, 0.3) is 10.0 Å². The fraction of sp³-hybridized carbons (Fsp3) is 0.0714. The molecule has 3 aromatic rings. The van der Waals surface area contributed by atoms with E-state index in [2.05, 4.69) is 41.7 Å². The quantitative estimate of drug-likeness (QED) is 0.526. The summed E-state index contributed by atoms with van der Waals surface area (Å²) in [5.41, 5.74) is 0.894. The minimum atomic E-state index is -3.68. The van der Waals surface area contributed by atoms with E-state index in [4.69, 9.17) is 11.6 Å². The minimum Gasteiger partial charge on any atom is -0.265 e. The molecule has 0 aliphatic heterocycles. The molecule has 126 valence electrons. The third-order valence-electron chi connectivity index (χ3n) is 3.05. The predicted octanol–water partition coefficient (Wildman–Crippen LogP) is 4.97. The summed E-state index contributed by atoms with van der Waals surface area (Å²) in [7, 11) is -3.68. The van der Waals surface area contributed by atoms with Crippen molar-refractivity contribution in [2.75, 3.05) is 4.72 Å². The van der Waals surface area contributed by atoms with Crippen LogP contribution in [-0.2, 0) is 16.6 Å². The van der Waals surface area contributed by atoms with Crippen molar-refractivity contribution in [2.24, 2.45) is 0 Å². The summed E-state index contributed by atoms with van der Waals surface area (Å²) < 4.78 is 30.4. The lowest BCUT2D eigenvalue weighted by molar-refractivity contribution is 0.602. The van der Waals surface area contributed by atoms with E-state index in [9.17, 15) is 8.42 Å². The van der Waals surface area contributed by atoms with Crippen molar-refractivity contribution in [1.29, 1.82) is 0 Å². The molecule has 0 saturated heterocycles. The Morgan fingerprint density at radius 2 is 1.96 bits per heavy atom. The lowest BCUT2D eigenvalue weighted by Gasteiger charge is -2.05. The molecule has 0 unspecified atom stereocenters. The number of benzene rings is 1. The SMILES string of the molecule is O=S(=O)(Nc1nn(Cc2ccccc2Cl)cc1Br)c1ccc(Br)s1. The van der Waals surface area contributed by atoms with Gasteiger partial charge in [0.1, 0.15) is 4.21 Å². The number of anilines is 1. The summed E-state index contributed by atoms with van der Waals surface area (Å²) >= 11 is 13.9. The molecule has 0 amide bonds. The molecule has 0 aliphatic carbocycles. The number of hydrogen-bond donors (Lipinski definition) is 1. The molecular weight excluding hydrogens is 502 g/mol. The number of nitrogens with one attached hydrogen (secondary N) is 1. The first-order valence-corrected chi connectivity index (χ1v) is 10.9. The molecule has 2 aromatic heterocycles. The van der Waals surface area contributed by atoms with Gasteiger partial charge < -0.3 is 0 Å². The summed E-state index contributed by atoms with van der Waals surface area (Å²) in [6, 6.07) is 10.6. The van der Waals surface area contributed by atoms with Gasteiger partial charge in [-0.15, -0.1) is 11.3 Å². The Kier molecular flexibility index (Phi) is 5.36. The second kappa shape index (κ2) is 7.17. The molecule has 0 fully saturated rings. The molecule has 5 nitrogen and oxygen atoms in total. The molecule has 0 saturated carbocycles. The fourth-order valence-corrected chi connectivity index (χ4v) is 5.74. The molecule has 0 bridgehead atoms. The van der Waals surface area contributed by atoms with E-state index in [-0.39, 0.29) is 10.0 Å². The number of aromatic nitrogens is 2. The molecule has 0 spiro atoms. The highest BCUT2D eigenvalue weighted by Crippen LogP contribution is 2.29. The summed E-state index contributed by atoms with van der Waals surface area (Å²) in [6.45, 7) is 0.435. The van der Waals surface area contributed by atoms with Crippen LogP contribution in [0, 0.1) is 0 Å². The van der Waals surface area contributed by atoms with E-state index in [1.54, 1.807) is 23.0 Å². The molecule has 3 rings (SSSR count). The van der Waals surface area contributed by atoms with Crippen LogP contribution in [0.3, 0.4) is 0 Å². The highest BCUT2D eigenvalue weighted by molar-refractivity contribution is 9.11. The first-order valence-electron chi connectivity index (χ1n) is 6.60. The van der Waals surface area contributed by atoms with Crippen molar-refractivity contribution in [3.8, 4) is 0 Å². The van der Waals surface area contributed by atoms with Crippen LogP contribution in [0.4, 0.5) is 5.82 Å². The summed E-state index contributed by atoms with van der Waals surface area (Å²) in [5.74, 6) is 0.228. The van der Waals surface area contributed by atoms with Gasteiger partial charge in [-0.3, -0.25) is 9.40 Å². The largest absolute Gasteiger partial charge is 0.272 e. The maximum absolute atomic E-state index is 12.4. The average molecular weight is 512 g/mol. The van der Waals surface area contributed by atoms with Gasteiger partial charge in [-0.2, -0.15) is 5.10 Å². The second-order valence-corrected chi connectivity index (χ2v) is 10.4. The van der Waals surface area contributed by atoms with Crippen LogP contribution in [0.5, 0.6) is 0 Å². The third-order valence-corrected chi connectivity index (χ3v) is 7.46. The molecule has 0 radical (unpaired) electrons. The smallest absolute Gasteiger partial charge is 0.265 e. The van der Waals surface area contributed by atoms with E-state index in [1.807, 2.05) is 18.2 Å². The minimum absolute atomic E-state index is 0.210. The summed E-state index contributed by atoms with van der Waals surface area (Å²) in [6.07, 6.45) is 1.70. The fourth-order valence-electron chi connectivity index (χ4n) is 1.97. The average Bonchev–Trinajstić information content (AvgIpc) is 3.08. The number of rotatable bonds is 5. The first-order chi connectivity index (χ1) is 11.3. The normalized spacial score (nSPS) is 11.6. The van der Waals surface area contributed by atoms with Crippen LogP contribution in [0.25, 0.3) is 0 Å². The standard InChI is InChI=1S/C14H10Br2ClN3O2S2/c15-10-8-20(7-9-3-1-2-4-11(9)17)18-14(10)19-24(21,22)13-6-5-12(16)23-13/h1-6,8H,7H2,(H,18,19). The Balaban J connectivity index is 1.83. The zero-order chi connectivity index (χ0) is 17.3. The van der Waals surface area contributed by atoms with Crippen molar-refractivity contribution < 1.29 is 8.42 Å². The summed E-state index contributed by atoms with van der Waals surface area (Å²) in [5, 5.41) is 4.91. The van der Waals surface area contributed by atoms with Gasteiger partial charge >= 0.3 is 0 Å². The highest BCUT2D eigenvalue weighted by Gasteiger charge is 2.20.